The first kappa shape index (κ1) is 14.8. The summed E-state index contributed by atoms with van der Waals surface area (Å²) in [6.07, 6.45) is 1.06. The molecule has 0 aliphatic rings. The van der Waals surface area contributed by atoms with Crippen molar-refractivity contribution in [2.45, 2.75) is 18.2 Å². The van der Waals surface area contributed by atoms with Gasteiger partial charge in [0.15, 0.2) is 0 Å². The van der Waals surface area contributed by atoms with Crippen LogP contribution in [0.3, 0.4) is 0 Å². The SMILES string of the molecule is O=[N+]([O-])c1cccc(Cl)c1CCC(Cl)c1ccccc1. The van der Waals surface area contributed by atoms with E-state index in [4.69, 9.17) is 23.2 Å². The lowest BCUT2D eigenvalue weighted by molar-refractivity contribution is -0.385. The monoisotopic (exact) mass is 309 g/mol. The summed E-state index contributed by atoms with van der Waals surface area (Å²) in [6.45, 7) is 0. The molecule has 0 heterocycles. The van der Waals surface area contributed by atoms with Gasteiger partial charge in [0.25, 0.3) is 5.69 Å². The Labute approximate surface area is 127 Å². The topological polar surface area (TPSA) is 43.1 Å². The van der Waals surface area contributed by atoms with Gasteiger partial charge in [-0.3, -0.25) is 10.1 Å². The predicted octanol–water partition coefficient (Wildman–Crippen LogP) is 5.16. The Morgan fingerprint density at radius 2 is 1.80 bits per heavy atom. The van der Waals surface area contributed by atoms with Crippen molar-refractivity contribution in [3.63, 3.8) is 0 Å². The first-order valence-corrected chi connectivity index (χ1v) is 7.02. The summed E-state index contributed by atoms with van der Waals surface area (Å²) in [5.41, 5.74) is 1.60. The van der Waals surface area contributed by atoms with Gasteiger partial charge in [0.1, 0.15) is 0 Å². The van der Waals surface area contributed by atoms with Gasteiger partial charge < -0.3 is 0 Å². The lowest BCUT2D eigenvalue weighted by Crippen LogP contribution is -1.99. The average Bonchev–Trinajstić information content (AvgIpc) is 2.46. The second-order valence-electron chi connectivity index (χ2n) is 4.41. The predicted molar refractivity (Wildman–Crippen MR) is 81.5 cm³/mol. The first-order valence-electron chi connectivity index (χ1n) is 6.20. The van der Waals surface area contributed by atoms with Gasteiger partial charge in [0, 0.05) is 11.6 Å². The van der Waals surface area contributed by atoms with Crippen molar-refractivity contribution in [3.8, 4) is 0 Å². The number of hydrogen-bond acceptors (Lipinski definition) is 2. The summed E-state index contributed by atoms with van der Waals surface area (Å²) in [5.74, 6) is 0. The van der Waals surface area contributed by atoms with Crippen LogP contribution in [-0.4, -0.2) is 4.92 Å². The van der Waals surface area contributed by atoms with E-state index in [1.165, 1.54) is 6.07 Å². The Morgan fingerprint density at radius 3 is 2.45 bits per heavy atom. The second kappa shape index (κ2) is 6.73. The van der Waals surface area contributed by atoms with E-state index < -0.39 is 4.92 Å². The molecule has 0 bridgehead atoms. The van der Waals surface area contributed by atoms with Crippen molar-refractivity contribution < 1.29 is 4.92 Å². The fourth-order valence-corrected chi connectivity index (χ4v) is 2.58. The van der Waals surface area contributed by atoms with Gasteiger partial charge in [-0.1, -0.05) is 48.0 Å². The molecule has 1 unspecified atom stereocenters. The molecule has 1 atom stereocenters. The van der Waals surface area contributed by atoms with Crippen LogP contribution in [0.2, 0.25) is 5.02 Å². The molecule has 20 heavy (non-hydrogen) atoms. The molecular weight excluding hydrogens is 297 g/mol. The van der Waals surface area contributed by atoms with Crippen LogP contribution in [0.15, 0.2) is 48.5 Å². The van der Waals surface area contributed by atoms with Crippen molar-refractivity contribution in [1.82, 2.24) is 0 Å². The Bertz CT molecular complexity index is 602. The van der Waals surface area contributed by atoms with E-state index in [0.717, 1.165) is 5.56 Å². The molecule has 3 nitrogen and oxygen atoms in total. The minimum Gasteiger partial charge on any atom is -0.258 e. The van der Waals surface area contributed by atoms with Gasteiger partial charge in [-0.2, -0.15) is 0 Å². The van der Waals surface area contributed by atoms with Crippen LogP contribution in [0.25, 0.3) is 0 Å². The summed E-state index contributed by atoms with van der Waals surface area (Å²) in [7, 11) is 0. The molecule has 104 valence electrons. The highest BCUT2D eigenvalue weighted by molar-refractivity contribution is 6.31. The highest BCUT2D eigenvalue weighted by atomic mass is 35.5. The van der Waals surface area contributed by atoms with E-state index >= 15 is 0 Å². The fourth-order valence-electron chi connectivity index (χ4n) is 2.07. The number of nitro benzene ring substituents is 1. The summed E-state index contributed by atoms with van der Waals surface area (Å²) < 4.78 is 0. The highest BCUT2D eigenvalue weighted by Gasteiger charge is 2.18. The van der Waals surface area contributed by atoms with Crippen molar-refractivity contribution in [1.29, 1.82) is 0 Å². The molecule has 0 fully saturated rings. The van der Waals surface area contributed by atoms with E-state index in [9.17, 15) is 10.1 Å². The quantitative estimate of drug-likeness (QED) is 0.435. The van der Waals surface area contributed by atoms with Gasteiger partial charge in [-0.05, 0) is 24.5 Å². The number of nitrogens with zero attached hydrogens (tertiary/aromatic N) is 1. The van der Waals surface area contributed by atoms with Crippen LogP contribution in [0.1, 0.15) is 22.9 Å². The van der Waals surface area contributed by atoms with Crippen LogP contribution in [0.4, 0.5) is 5.69 Å². The van der Waals surface area contributed by atoms with Crippen LogP contribution >= 0.6 is 23.2 Å². The van der Waals surface area contributed by atoms with Gasteiger partial charge in [0.2, 0.25) is 0 Å². The zero-order valence-corrected chi connectivity index (χ0v) is 12.1. The number of rotatable bonds is 5. The van der Waals surface area contributed by atoms with Crippen molar-refractivity contribution in [2.75, 3.05) is 0 Å². The third-order valence-electron chi connectivity index (χ3n) is 3.10. The molecule has 0 aliphatic carbocycles. The molecule has 0 N–H and O–H groups in total. The van der Waals surface area contributed by atoms with E-state index in [1.807, 2.05) is 30.3 Å². The molecule has 2 aromatic rings. The van der Waals surface area contributed by atoms with Crippen molar-refractivity contribution in [3.05, 3.63) is 74.8 Å². The minimum absolute atomic E-state index is 0.0504. The molecule has 5 heteroatoms. The van der Waals surface area contributed by atoms with Gasteiger partial charge in [0.05, 0.1) is 15.3 Å². The maximum Gasteiger partial charge on any atom is 0.274 e. The Balaban J connectivity index is 2.13. The molecule has 2 aromatic carbocycles. The molecule has 2 rings (SSSR count). The van der Waals surface area contributed by atoms with E-state index in [0.29, 0.717) is 23.4 Å². The normalized spacial score (nSPS) is 12.1. The zero-order valence-electron chi connectivity index (χ0n) is 10.6. The van der Waals surface area contributed by atoms with Crippen molar-refractivity contribution in [2.24, 2.45) is 0 Å². The van der Waals surface area contributed by atoms with Crippen LogP contribution in [0, 0.1) is 10.1 Å². The molecule has 0 radical (unpaired) electrons. The summed E-state index contributed by atoms with van der Waals surface area (Å²) in [5, 5.41) is 11.2. The molecular formula is C15H13Cl2NO2. The summed E-state index contributed by atoms with van der Waals surface area (Å²) in [4.78, 5) is 10.6. The average molecular weight is 310 g/mol. The maximum atomic E-state index is 11.0. The van der Waals surface area contributed by atoms with E-state index in [-0.39, 0.29) is 11.1 Å². The van der Waals surface area contributed by atoms with Gasteiger partial charge >= 0.3 is 0 Å². The van der Waals surface area contributed by atoms with Crippen LogP contribution < -0.4 is 0 Å². The maximum absolute atomic E-state index is 11.0. The minimum atomic E-state index is -0.410. The van der Waals surface area contributed by atoms with Crippen LogP contribution in [-0.2, 0) is 6.42 Å². The number of alkyl halides is 1. The zero-order chi connectivity index (χ0) is 14.5. The molecule has 0 amide bonds. The smallest absolute Gasteiger partial charge is 0.258 e. The first-order chi connectivity index (χ1) is 9.59. The molecule has 0 spiro atoms. The fraction of sp³-hybridized carbons (Fsp3) is 0.200. The largest absolute Gasteiger partial charge is 0.274 e. The molecule has 0 aromatic heterocycles. The summed E-state index contributed by atoms with van der Waals surface area (Å²) >= 11 is 12.4. The highest BCUT2D eigenvalue weighted by Crippen LogP contribution is 2.31. The lowest BCUT2D eigenvalue weighted by atomic mass is 10.0. The molecule has 0 saturated heterocycles. The Morgan fingerprint density at radius 1 is 1.10 bits per heavy atom. The summed E-state index contributed by atoms with van der Waals surface area (Å²) in [6, 6.07) is 14.4. The number of halogens is 2. The standard InChI is InChI=1S/C15H13Cl2NO2/c16-13(11-5-2-1-3-6-11)10-9-12-14(17)7-4-8-15(12)18(19)20/h1-8,13H,9-10H2. The Kier molecular flexibility index (Phi) is 4.99. The third kappa shape index (κ3) is 3.50. The number of hydrogen-bond donors (Lipinski definition) is 0. The van der Waals surface area contributed by atoms with Gasteiger partial charge in [-0.25, -0.2) is 0 Å². The molecule has 0 aliphatic heterocycles. The lowest BCUT2D eigenvalue weighted by Gasteiger charge is -2.10. The Hall–Kier alpha value is -1.58. The van der Waals surface area contributed by atoms with E-state index in [1.54, 1.807) is 12.1 Å². The number of nitro groups is 1. The molecule has 0 saturated carbocycles. The number of benzene rings is 2. The van der Waals surface area contributed by atoms with Crippen LogP contribution in [0.5, 0.6) is 0 Å². The third-order valence-corrected chi connectivity index (χ3v) is 3.92. The van der Waals surface area contributed by atoms with Crippen molar-refractivity contribution >= 4 is 28.9 Å². The second-order valence-corrected chi connectivity index (χ2v) is 5.35. The van der Waals surface area contributed by atoms with E-state index in [2.05, 4.69) is 0 Å². The van der Waals surface area contributed by atoms with Gasteiger partial charge in [-0.15, -0.1) is 11.6 Å².